The monoisotopic (exact) mass is 542 g/mol. The Hall–Kier alpha value is -0.370. The maximum Gasteiger partial charge on any atom is -0.0809 e. The molecule has 0 nitrogen and oxygen atoms in total. The number of halogens is 2. The number of benzene rings is 1. The predicted octanol–water partition coefficient (Wildman–Crippen LogP) is 0.343. The summed E-state index contributed by atoms with van der Waals surface area (Å²) in [6.45, 7) is 13.1. The first-order valence-corrected chi connectivity index (χ1v) is 9.90. The van der Waals surface area contributed by atoms with Gasteiger partial charge in [-0.05, 0) is 5.41 Å². The average molecular weight is 542 g/mol. The molecule has 0 unspecified atom stereocenters. The summed E-state index contributed by atoms with van der Waals surface area (Å²) in [5.74, 6) is 0. The molecule has 0 saturated heterocycles. The second-order valence-corrected chi connectivity index (χ2v) is 10.7. The van der Waals surface area contributed by atoms with Crippen LogP contribution in [0.4, 0.5) is 0 Å². The Bertz CT molecular complexity index is 696. The van der Waals surface area contributed by atoms with Gasteiger partial charge in [0.05, 0.1) is 0 Å². The van der Waals surface area contributed by atoms with Crippen LogP contribution in [0.15, 0.2) is 54.1 Å². The normalized spacial score (nSPS) is 11.9. The van der Waals surface area contributed by atoms with Crippen LogP contribution in [0.2, 0.25) is 0 Å². The van der Waals surface area contributed by atoms with Crippen LogP contribution in [0, 0.1) is 18.4 Å². The van der Waals surface area contributed by atoms with Crippen molar-refractivity contribution in [2.75, 3.05) is 0 Å². The van der Waals surface area contributed by atoms with Crippen LogP contribution < -0.4 is 24.8 Å². The van der Waals surface area contributed by atoms with Crippen molar-refractivity contribution in [1.82, 2.24) is 0 Å². The van der Waals surface area contributed by atoms with Gasteiger partial charge in [-0.15, -0.1) is 41.5 Å². The van der Waals surface area contributed by atoms with Crippen molar-refractivity contribution in [1.29, 1.82) is 0 Å². The first-order valence-electron chi connectivity index (χ1n) is 8.11. The van der Waals surface area contributed by atoms with Crippen LogP contribution in [-0.4, -0.2) is 3.26 Å². The summed E-state index contributed by atoms with van der Waals surface area (Å²) >= 11 is 1.27. The Morgan fingerprint density at radius 2 is 1.68 bits per heavy atom. The third-order valence-electron chi connectivity index (χ3n) is 3.56. The van der Waals surface area contributed by atoms with Crippen molar-refractivity contribution in [3.63, 3.8) is 0 Å². The fraction of sp³-hybridized carbons (Fsp3) is 0.364. The van der Waals surface area contributed by atoms with Crippen molar-refractivity contribution in [3.05, 3.63) is 65.8 Å². The van der Waals surface area contributed by atoms with Gasteiger partial charge >= 0.3 is 41.0 Å². The molecule has 136 valence electrons. The van der Waals surface area contributed by atoms with Gasteiger partial charge in [0.25, 0.3) is 0 Å². The van der Waals surface area contributed by atoms with Crippen molar-refractivity contribution < 1.29 is 48.7 Å². The van der Waals surface area contributed by atoms with Gasteiger partial charge in [0, 0.05) is 0 Å². The van der Waals surface area contributed by atoms with E-state index in [1.807, 2.05) is 6.08 Å². The van der Waals surface area contributed by atoms with Gasteiger partial charge in [-0.2, -0.15) is 17.2 Å². The van der Waals surface area contributed by atoms with Gasteiger partial charge in [0.15, 0.2) is 0 Å². The SMILES string of the molecule is CC(C)(C)C1=CC=[C-]C1.C[C](C)=[Hf+2].Cc1c[cH-]c2ccccc12.[Cl-].[Cl-]. The molecule has 0 amide bonds. The van der Waals surface area contributed by atoms with E-state index in [4.69, 9.17) is 0 Å². The van der Waals surface area contributed by atoms with Crippen LogP contribution in [0.5, 0.6) is 0 Å². The zero-order valence-electron chi connectivity index (χ0n) is 16.1. The summed E-state index contributed by atoms with van der Waals surface area (Å²) in [4.78, 5) is 0. The van der Waals surface area contributed by atoms with Crippen molar-refractivity contribution in [3.8, 4) is 0 Å². The van der Waals surface area contributed by atoms with Crippen LogP contribution in [-0.2, 0) is 23.9 Å². The first-order chi connectivity index (χ1) is 10.7. The molecule has 0 fully saturated rings. The third kappa shape index (κ3) is 10.4. The van der Waals surface area contributed by atoms with E-state index < -0.39 is 0 Å². The number of allylic oxidation sites excluding steroid dienone is 4. The quantitative estimate of drug-likeness (QED) is 0.334. The smallest absolute Gasteiger partial charge is 0.0809 e. The number of hydrogen-bond donors (Lipinski definition) is 0. The molecular formula is C22H28Cl2Hf-2. The van der Waals surface area contributed by atoms with Gasteiger partial charge < -0.3 is 24.8 Å². The molecule has 0 radical (unpaired) electrons. The molecule has 2 aromatic carbocycles. The third-order valence-corrected chi connectivity index (χ3v) is 3.56. The number of hydrogen-bond acceptors (Lipinski definition) is 0. The van der Waals surface area contributed by atoms with Gasteiger partial charge in [-0.1, -0.05) is 33.8 Å². The minimum atomic E-state index is 0. The number of fused-ring (bicyclic) bond motifs is 1. The van der Waals surface area contributed by atoms with Gasteiger partial charge in [-0.3, -0.25) is 6.08 Å². The zero-order valence-corrected chi connectivity index (χ0v) is 21.2. The Balaban J connectivity index is 0. The fourth-order valence-corrected chi connectivity index (χ4v) is 2.21. The van der Waals surface area contributed by atoms with Crippen LogP contribution in [0.25, 0.3) is 10.8 Å². The van der Waals surface area contributed by atoms with Crippen LogP contribution in [0.1, 0.15) is 46.6 Å². The number of rotatable bonds is 0. The Morgan fingerprint density at radius 1 is 1.12 bits per heavy atom. The Labute approximate surface area is 181 Å². The summed E-state index contributed by atoms with van der Waals surface area (Å²) < 4.78 is 1.56. The molecule has 1 aliphatic rings. The molecule has 0 atom stereocenters. The maximum atomic E-state index is 3.16. The Morgan fingerprint density at radius 3 is 2.08 bits per heavy atom. The summed E-state index contributed by atoms with van der Waals surface area (Å²) in [7, 11) is 0. The first kappa shape index (κ1) is 26.9. The largest absolute Gasteiger partial charge is 1.00 e. The van der Waals surface area contributed by atoms with E-state index in [1.165, 1.54) is 45.8 Å². The van der Waals surface area contributed by atoms with Gasteiger partial charge in [0.2, 0.25) is 0 Å². The standard InChI is InChI=1S/C10H9.C9H13.C3H6.2ClH.Hf/c1-8-6-7-9-4-2-3-5-10(8)9;1-9(2,3)8-6-4-5-7-8;1-3-2;;;/h2-7H,1H3;4,6H,7H2,1-3H3;1-2H3;2*1H;/q2*-1;;;;+2/p-2. The minimum absolute atomic E-state index is 0. The second kappa shape index (κ2) is 12.9. The van der Waals surface area contributed by atoms with E-state index in [0.717, 1.165) is 6.42 Å². The maximum absolute atomic E-state index is 3.16. The Kier molecular flexibility index (Phi) is 13.9. The van der Waals surface area contributed by atoms with E-state index in [-0.39, 0.29) is 24.8 Å². The molecule has 0 aliphatic heterocycles. The fourth-order valence-electron chi connectivity index (χ4n) is 2.21. The molecule has 0 aromatic heterocycles. The van der Waals surface area contributed by atoms with E-state index in [2.05, 4.69) is 90.1 Å². The van der Waals surface area contributed by atoms with E-state index in [9.17, 15) is 0 Å². The number of aryl methyl sites for hydroxylation is 1. The molecular weight excluding hydrogens is 514 g/mol. The molecule has 0 saturated carbocycles. The second-order valence-electron chi connectivity index (χ2n) is 7.09. The van der Waals surface area contributed by atoms with Crippen molar-refractivity contribution in [2.24, 2.45) is 5.41 Å². The zero-order chi connectivity index (χ0) is 17.5. The molecule has 2 aromatic rings. The van der Waals surface area contributed by atoms with E-state index >= 15 is 0 Å². The molecule has 1 aliphatic carbocycles. The predicted molar refractivity (Wildman–Crippen MR) is 101 cm³/mol. The molecule has 3 rings (SSSR count). The molecule has 0 N–H and O–H groups in total. The summed E-state index contributed by atoms with van der Waals surface area (Å²) in [5.41, 5.74) is 3.21. The van der Waals surface area contributed by atoms with Gasteiger partial charge in [-0.25, -0.2) is 12.2 Å². The summed E-state index contributed by atoms with van der Waals surface area (Å²) in [5, 5.41) is 2.72. The van der Waals surface area contributed by atoms with E-state index in [1.54, 1.807) is 3.26 Å². The summed E-state index contributed by atoms with van der Waals surface area (Å²) in [6, 6.07) is 12.8. The summed E-state index contributed by atoms with van der Waals surface area (Å²) in [6.07, 6.45) is 8.37. The van der Waals surface area contributed by atoms with Crippen LogP contribution >= 0.6 is 0 Å². The average Bonchev–Trinajstić information content (AvgIpc) is 3.09. The molecule has 0 spiro atoms. The van der Waals surface area contributed by atoms with E-state index in [0.29, 0.717) is 5.41 Å². The van der Waals surface area contributed by atoms with Gasteiger partial charge in [0.1, 0.15) is 0 Å². The van der Waals surface area contributed by atoms with Crippen molar-refractivity contribution in [2.45, 2.75) is 48.0 Å². The molecule has 0 bridgehead atoms. The molecule has 0 heterocycles. The molecule has 25 heavy (non-hydrogen) atoms. The molecule has 3 heteroatoms. The van der Waals surface area contributed by atoms with Crippen molar-refractivity contribution >= 4 is 14.0 Å². The topological polar surface area (TPSA) is 0 Å². The minimum Gasteiger partial charge on any atom is -1.00 e. The van der Waals surface area contributed by atoms with Crippen LogP contribution in [0.3, 0.4) is 0 Å².